The highest BCUT2D eigenvalue weighted by atomic mass is 32.1. The van der Waals surface area contributed by atoms with Gasteiger partial charge in [-0.1, -0.05) is 53.7 Å². The first-order valence-electron chi connectivity index (χ1n) is 8.97. The van der Waals surface area contributed by atoms with Gasteiger partial charge in [-0.3, -0.25) is 4.90 Å². The third-order valence-electron chi connectivity index (χ3n) is 5.09. The maximum atomic E-state index is 5.53. The molecule has 5 rings (SSSR count). The van der Waals surface area contributed by atoms with E-state index in [0.717, 1.165) is 11.4 Å². The number of fused-ring (bicyclic) bond motifs is 1. The SMILES string of the molecule is c1csc(-c2noc(CN3CCCC3c3cccc4ccccc34)n2)c1. The largest absolute Gasteiger partial charge is 0.338 e. The van der Waals surface area contributed by atoms with Crippen LogP contribution in [0.5, 0.6) is 0 Å². The molecule has 130 valence electrons. The van der Waals surface area contributed by atoms with Crippen molar-refractivity contribution in [2.24, 2.45) is 0 Å². The molecule has 1 aliphatic rings. The van der Waals surface area contributed by atoms with Gasteiger partial charge in [-0.15, -0.1) is 11.3 Å². The minimum atomic E-state index is 0.401. The van der Waals surface area contributed by atoms with Crippen LogP contribution in [0.3, 0.4) is 0 Å². The Balaban J connectivity index is 1.42. The van der Waals surface area contributed by atoms with E-state index in [1.165, 1.54) is 29.2 Å². The molecular weight excluding hydrogens is 342 g/mol. The molecule has 0 bridgehead atoms. The van der Waals surface area contributed by atoms with Crippen molar-refractivity contribution in [2.45, 2.75) is 25.4 Å². The Hall–Kier alpha value is -2.50. The molecule has 1 atom stereocenters. The molecule has 1 unspecified atom stereocenters. The van der Waals surface area contributed by atoms with Gasteiger partial charge >= 0.3 is 0 Å². The molecule has 2 aromatic carbocycles. The minimum Gasteiger partial charge on any atom is -0.338 e. The predicted molar refractivity (Wildman–Crippen MR) is 104 cm³/mol. The van der Waals surface area contributed by atoms with E-state index in [1.807, 2.05) is 17.5 Å². The fraction of sp³-hybridized carbons (Fsp3) is 0.238. The number of hydrogen-bond acceptors (Lipinski definition) is 5. The average Bonchev–Trinajstić information content (AvgIpc) is 3.43. The molecule has 4 aromatic rings. The number of aromatic nitrogens is 2. The maximum Gasteiger partial charge on any atom is 0.241 e. The second-order valence-electron chi connectivity index (χ2n) is 6.69. The summed E-state index contributed by atoms with van der Waals surface area (Å²) in [5.74, 6) is 1.39. The summed E-state index contributed by atoms with van der Waals surface area (Å²) in [4.78, 5) is 8.11. The van der Waals surface area contributed by atoms with Gasteiger partial charge in [0.2, 0.25) is 11.7 Å². The molecule has 0 radical (unpaired) electrons. The van der Waals surface area contributed by atoms with Crippen molar-refractivity contribution in [1.82, 2.24) is 15.0 Å². The Morgan fingerprint density at radius 2 is 2.00 bits per heavy atom. The van der Waals surface area contributed by atoms with Gasteiger partial charge < -0.3 is 4.52 Å². The van der Waals surface area contributed by atoms with Crippen LogP contribution in [0.2, 0.25) is 0 Å². The van der Waals surface area contributed by atoms with Crippen LogP contribution in [-0.4, -0.2) is 21.6 Å². The summed E-state index contributed by atoms with van der Waals surface area (Å²) in [6.45, 7) is 1.76. The topological polar surface area (TPSA) is 42.2 Å². The molecule has 26 heavy (non-hydrogen) atoms. The van der Waals surface area contributed by atoms with Gasteiger partial charge in [0.15, 0.2) is 0 Å². The maximum absolute atomic E-state index is 5.53. The quantitative estimate of drug-likeness (QED) is 0.495. The molecule has 0 saturated carbocycles. The minimum absolute atomic E-state index is 0.401. The van der Waals surface area contributed by atoms with Crippen LogP contribution in [0, 0.1) is 0 Å². The number of benzene rings is 2. The first-order valence-corrected chi connectivity index (χ1v) is 9.84. The molecule has 5 heteroatoms. The van der Waals surface area contributed by atoms with Crippen LogP contribution in [0.25, 0.3) is 21.5 Å². The number of nitrogens with zero attached hydrogens (tertiary/aromatic N) is 3. The summed E-state index contributed by atoms with van der Waals surface area (Å²) in [6.07, 6.45) is 2.36. The molecule has 1 aliphatic heterocycles. The van der Waals surface area contributed by atoms with E-state index in [1.54, 1.807) is 11.3 Å². The van der Waals surface area contributed by atoms with Gasteiger partial charge in [-0.2, -0.15) is 4.98 Å². The Kier molecular flexibility index (Phi) is 4.03. The Morgan fingerprint density at radius 1 is 1.08 bits per heavy atom. The van der Waals surface area contributed by atoms with Gasteiger partial charge in [0, 0.05) is 6.04 Å². The fourth-order valence-electron chi connectivity index (χ4n) is 3.91. The summed E-state index contributed by atoms with van der Waals surface area (Å²) < 4.78 is 5.53. The first kappa shape index (κ1) is 15.7. The van der Waals surface area contributed by atoms with Crippen molar-refractivity contribution in [3.63, 3.8) is 0 Å². The highest BCUT2D eigenvalue weighted by Gasteiger charge is 2.28. The van der Waals surface area contributed by atoms with Crippen LogP contribution < -0.4 is 0 Å². The molecule has 0 N–H and O–H groups in total. The van der Waals surface area contributed by atoms with E-state index in [4.69, 9.17) is 4.52 Å². The standard InChI is InChI=1S/C21H19N3OS/c1-2-8-16-15(6-1)7-3-9-17(16)18-10-4-12-24(18)14-20-22-21(23-25-20)19-11-5-13-26-19/h1-3,5-9,11,13,18H,4,10,12,14H2. The predicted octanol–water partition coefficient (Wildman–Crippen LogP) is 5.29. The van der Waals surface area contributed by atoms with Crippen LogP contribution in [-0.2, 0) is 6.54 Å². The van der Waals surface area contributed by atoms with Crippen molar-refractivity contribution in [1.29, 1.82) is 0 Å². The molecule has 3 heterocycles. The Labute approximate surface area is 156 Å². The number of rotatable bonds is 4. The third kappa shape index (κ3) is 2.83. The van der Waals surface area contributed by atoms with Crippen molar-refractivity contribution in [2.75, 3.05) is 6.54 Å². The summed E-state index contributed by atoms with van der Waals surface area (Å²) in [6, 6.07) is 19.7. The van der Waals surface area contributed by atoms with E-state index in [9.17, 15) is 0 Å². The lowest BCUT2D eigenvalue weighted by molar-refractivity contribution is 0.213. The van der Waals surface area contributed by atoms with Gasteiger partial charge in [0.05, 0.1) is 11.4 Å². The summed E-state index contributed by atoms with van der Waals surface area (Å²) >= 11 is 1.63. The molecular formula is C21H19N3OS. The summed E-state index contributed by atoms with van der Waals surface area (Å²) in [5, 5.41) is 8.82. The lowest BCUT2D eigenvalue weighted by atomic mass is 9.97. The monoisotopic (exact) mass is 361 g/mol. The van der Waals surface area contributed by atoms with Gasteiger partial charge in [0.1, 0.15) is 0 Å². The molecule has 2 aromatic heterocycles. The zero-order chi connectivity index (χ0) is 17.3. The first-order chi connectivity index (χ1) is 12.9. The second kappa shape index (κ2) is 6.67. The summed E-state index contributed by atoms with van der Waals surface area (Å²) in [7, 11) is 0. The average molecular weight is 361 g/mol. The third-order valence-corrected chi connectivity index (χ3v) is 5.96. The van der Waals surface area contributed by atoms with Gasteiger partial charge in [-0.25, -0.2) is 0 Å². The molecule has 0 aliphatic carbocycles. The van der Waals surface area contributed by atoms with Crippen molar-refractivity contribution >= 4 is 22.1 Å². The molecule has 1 fully saturated rings. The van der Waals surface area contributed by atoms with E-state index in [2.05, 4.69) is 57.5 Å². The van der Waals surface area contributed by atoms with Crippen LogP contribution >= 0.6 is 11.3 Å². The normalized spacial score (nSPS) is 17.9. The molecule has 4 nitrogen and oxygen atoms in total. The van der Waals surface area contributed by atoms with E-state index in [-0.39, 0.29) is 0 Å². The molecule has 0 spiro atoms. The van der Waals surface area contributed by atoms with Crippen molar-refractivity contribution in [3.8, 4) is 10.7 Å². The highest BCUT2D eigenvalue weighted by molar-refractivity contribution is 7.13. The molecule has 1 saturated heterocycles. The van der Waals surface area contributed by atoms with Crippen LogP contribution in [0.1, 0.15) is 30.3 Å². The zero-order valence-electron chi connectivity index (χ0n) is 14.3. The zero-order valence-corrected chi connectivity index (χ0v) is 15.2. The van der Waals surface area contributed by atoms with Gasteiger partial charge in [0.25, 0.3) is 0 Å². The fourth-order valence-corrected chi connectivity index (χ4v) is 4.56. The smallest absolute Gasteiger partial charge is 0.241 e. The van der Waals surface area contributed by atoms with Crippen LogP contribution in [0.15, 0.2) is 64.5 Å². The Bertz CT molecular complexity index is 1020. The highest BCUT2D eigenvalue weighted by Crippen LogP contribution is 2.36. The molecule has 0 amide bonds. The lowest BCUT2D eigenvalue weighted by Crippen LogP contribution is -2.23. The Morgan fingerprint density at radius 3 is 2.92 bits per heavy atom. The number of thiophene rings is 1. The van der Waals surface area contributed by atoms with Crippen molar-refractivity contribution in [3.05, 3.63) is 71.4 Å². The van der Waals surface area contributed by atoms with E-state index in [0.29, 0.717) is 24.3 Å². The van der Waals surface area contributed by atoms with Crippen molar-refractivity contribution < 1.29 is 4.52 Å². The second-order valence-corrected chi connectivity index (χ2v) is 7.63. The lowest BCUT2D eigenvalue weighted by Gasteiger charge is -2.24. The number of likely N-dealkylation sites (tertiary alicyclic amines) is 1. The van der Waals surface area contributed by atoms with E-state index < -0.39 is 0 Å². The number of hydrogen-bond donors (Lipinski definition) is 0. The summed E-state index contributed by atoms with van der Waals surface area (Å²) in [5.41, 5.74) is 1.40. The van der Waals surface area contributed by atoms with Crippen LogP contribution in [0.4, 0.5) is 0 Å². The van der Waals surface area contributed by atoms with Gasteiger partial charge in [-0.05, 0) is 47.2 Å². The van der Waals surface area contributed by atoms with E-state index >= 15 is 0 Å².